The second-order valence-corrected chi connectivity index (χ2v) is 5.81. The van der Waals surface area contributed by atoms with E-state index in [1.807, 2.05) is 23.6 Å². The highest BCUT2D eigenvalue weighted by Crippen LogP contribution is 2.35. The third-order valence-corrected chi connectivity index (χ3v) is 4.76. The lowest BCUT2D eigenvalue weighted by atomic mass is 9.99. The number of aliphatic hydroxyl groups is 1. The van der Waals surface area contributed by atoms with Gasteiger partial charge in [0.1, 0.15) is 0 Å². The fraction of sp³-hybridized carbons (Fsp3) is 0.909. The van der Waals surface area contributed by atoms with Gasteiger partial charge < -0.3 is 10.0 Å². The zero-order valence-electron chi connectivity index (χ0n) is 9.19. The van der Waals surface area contributed by atoms with Crippen LogP contribution in [0, 0.1) is 5.92 Å². The Morgan fingerprint density at radius 1 is 1.47 bits per heavy atom. The molecule has 1 amide bonds. The average molecular weight is 229 g/mol. The summed E-state index contributed by atoms with van der Waals surface area (Å²) in [5.74, 6) is 1.46. The number of hydrogen-bond acceptors (Lipinski definition) is 3. The molecule has 2 fully saturated rings. The molecule has 2 saturated heterocycles. The Hall–Kier alpha value is -0.220. The van der Waals surface area contributed by atoms with Crippen LogP contribution in [0.3, 0.4) is 0 Å². The highest BCUT2D eigenvalue weighted by atomic mass is 32.2. The van der Waals surface area contributed by atoms with E-state index in [1.165, 1.54) is 0 Å². The van der Waals surface area contributed by atoms with Gasteiger partial charge in [-0.3, -0.25) is 4.79 Å². The fourth-order valence-electron chi connectivity index (χ4n) is 2.46. The highest BCUT2D eigenvalue weighted by Gasteiger charge is 2.37. The van der Waals surface area contributed by atoms with E-state index in [9.17, 15) is 9.90 Å². The third kappa shape index (κ3) is 2.16. The average Bonchev–Trinajstić information content (AvgIpc) is 2.40. The number of nitrogens with zero attached hydrogens (tertiary/aromatic N) is 1. The van der Waals surface area contributed by atoms with Crippen LogP contribution in [0.5, 0.6) is 0 Å². The first-order chi connectivity index (χ1) is 7.24. The number of rotatable bonds is 1. The Morgan fingerprint density at radius 2 is 2.27 bits per heavy atom. The van der Waals surface area contributed by atoms with Gasteiger partial charge in [0.2, 0.25) is 5.91 Å². The molecule has 0 radical (unpaired) electrons. The van der Waals surface area contributed by atoms with Gasteiger partial charge in [-0.05, 0) is 31.4 Å². The van der Waals surface area contributed by atoms with Gasteiger partial charge in [-0.1, -0.05) is 6.92 Å². The summed E-state index contributed by atoms with van der Waals surface area (Å²) in [7, 11) is 0. The Balaban J connectivity index is 2.18. The molecular formula is C11H19NO2S. The van der Waals surface area contributed by atoms with Crippen molar-refractivity contribution < 1.29 is 9.90 Å². The smallest absolute Gasteiger partial charge is 0.226 e. The molecular weight excluding hydrogens is 210 g/mol. The van der Waals surface area contributed by atoms with Crippen LogP contribution in [0.15, 0.2) is 0 Å². The van der Waals surface area contributed by atoms with E-state index in [2.05, 4.69) is 0 Å². The summed E-state index contributed by atoms with van der Waals surface area (Å²) in [6.07, 6.45) is 4.18. The van der Waals surface area contributed by atoms with Gasteiger partial charge in [0.05, 0.1) is 18.0 Å². The second kappa shape index (κ2) is 4.74. The van der Waals surface area contributed by atoms with Gasteiger partial charge in [0, 0.05) is 5.92 Å². The van der Waals surface area contributed by atoms with Crippen LogP contribution in [0.1, 0.15) is 32.6 Å². The SMILES string of the molecule is C[C@H]1CCS[C@H]2CCC[C@@H](CO)N2C1=O. The van der Waals surface area contributed by atoms with Crippen molar-refractivity contribution in [3.63, 3.8) is 0 Å². The van der Waals surface area contributed by atoms with Crippen molar-refractivity contribution in [2.45, 2.75) is 44.0 Å². The summed E-state index contributed by atoms with van der Waals surface area (Å²) in [6, 6.07) is 0.0734. The molecule has 0 bridgehead atoms. The maximum absolute atomic E-state index is 12.2. The lowest BCUT2D eigenvalue weighted by Crippen LogP contribution is -2.51. The molecule has 2 rings (SSSR count). The van der Waals surface area contributed by atoms with Crippen molar-refractivity contribution in [1.82, 2.24) is 4.90 Å². The molecule has 0 aliphatic carbocycles. The normalized spacial score (nSPS) is 37.3. The van der Waals surface area contributed by atoms with Gasteiger partial charge in [-0.25, -0.2) is 0 Å². The molecule has 15 heavy (non-hydrogen) atoms. The zero-order chi connectivity index (χ0) is 10.8. The fourth-order valence-corrected chi connectivity index (χ4v) is 4.00. The number of hydrogen-bond donors (Lipinski definition) is 1. The van der Waals surface area contributed by atoms with Crippen molar-refractivity contribution in [2.75, 3.05) is 12.4 Å². The van der Waals surface area contributed by atoms with Crippen LogP contribution in [0.25, 0.3) is 0 Å². The monoisotopic (exact) mass is 229 g/mol. The van der Waals surface area contributed by atoms with E-state index in [0.717, 1.165) is 31.4 Å². The predicted octanol–water partition coefficient (Wildman–Crippen LogP) is 1.46. The van der Waals surface area contributed by atoms with Gasteiger partial charge in [-0.2, -0.15) is 0 Å². The molecule has 0 saturated carbocycles. The second-order valence-electron chi connectivity index (χ2n) is 4.53. The molecule has 0 aromatic carbocycles. The van der Waals surface area contributed by atoms with Crippen LogP contribution in [0.2, 0.25) is 0 Å². The molecule has 4 heteroatoms. The lowest BCUT2D eigenvalue weighted by molar-refractivity contribution is -0.140. The van der Waals surface area contributed by atoms with E-state index in [1.54, 1.807) is 0 Å². The number of piperidine rings is 1. The summed E-state index contributed by atoms with van der Waals surface area (Å²) < 4.78 is 0. The van der Waals surface area contributed by atoms with E-state index in [0.29, 0.717) is 5.37 Å². The Kier molecular flexibility index (Phi) is 3.57. The zero-order valence-corrected chi connectivity index (χ0v) is 10.0. The molecule has 2 aliphatic rings. The minimum Gasteiger partial charge on any atom is -0.394 e. The van der Waals surface area contributed by atoms with Crippen LogP contribution < -0.4 is 0 Å². The summed E-state index contributed by atoms with van der Waals surface area (Å²) >= 11 is 1.89. The van der Waals surface area contributed by atoms with Crippen LogP contribution in [-0.4, -0.2) is 39.7 Å². The molecule has 3 nitrogen and oxygen atoms in total. The van der Waals surface area contributed by atoms with Crippen molar-refractivity contribution in [1.29, 1.82) is 0 Å². The molecule has 3 atom stereocenters. The van der Waals surface area contributed by atoms with Gasteiger partial charge in [0.15, 0.2) is 0 Å². The number of fused-ring (bicyclic) bond motifs is 1. The third-order valence-electron chi connectivity index (χ3n) is 3.44. The minimum atomic E-state index is 0.0734. The summed E-state index contributed by atoms with van der Waals surface area (Å²) in [5.41, 5.74) is 0. The van der Waals surface area contributed by atoms with E-state index < -0.39 is 0 Å². The quantitative estimate of drug-likeness (QED) is 0.740. The van der Waals surface area contributed by atoms with Crippen LogP contribution in [0.4, 0.5) is 0 Å². The van der Waals surface area contributed by atoms with Gasteiger partial charge in [-0.15, -0.1) is 11.8 Å². The summed E-state index contributed by atoms with van der Waals surface area (Å²) in [4.78, 5) is 14.1. The molecule has 0 spiro atoms. The summed E-state index contributed by atoms with van der Waals surface area (Å²) in [5, 5.41) is 9.65. The first-order valence-corrected chi connectivity index (χ1v) is 6.83. The Bertz CT molecular complexity index is 247. The van der Waals surface area contributed by atoms with Crippen molar-refractivity contribution in [3.8, 4) is 0 Å². The maximum atomic E-state index is 12.2. The predicted molar refractivity (Wildman–Crippen MR) is 61.6 cm³/mol. The number of aliphatic hydroxyl groups excluding tert-OH is 1. The molecule has 0 aromatic rings. The first kappa shape index (κ1) is 11.3. The number of amides is 1. The maximum Gasteiger partial charge on any atom is 0.226 e. The minimum absolute atomic E-state index is 0.0734. The van der Waals surface area contributed by atoms with E-state index in [-0.39, 0.29) is 24.5 Å². The van der Waals surface area contributed by atoms with Crippen molar-refractivity contribution >= 4 is 17.7 Å². The standard InChI is InChI=1S/C11H19NO2S/c1-8-5-6-15-10-4-2-3-9(7-13)12(10)11(8)14/h8-10,13H,2-7H2,1H3/t8-,9-,10-/m0/s1. The van der Waals surface area contributed by atoms with Crippen molar-refractivity contribution in [3.05, 3.63) is 0 Å². The van der Waals surface area contributed by atoms with E-state index >= 15 is 0 Å². The highest BCUT2D eigenvalue weighted by molar-refractivity contribution is 7.99. The first-order valence-electron chi connectivity index (χ1n) is 5.78. The summed E-state index contributed by atoms with van der Waals surface area (Å²) in [6.45, 7) is 2.13. The number of carbonyl (C=O) groups excluding carboxylic acids is 1. The largest absolute Gasteiger partial charge is 0.394 e. The van der Waals surface area contributed by atoms with Gasteiger partial charge >= 0.3 is 0 Å². The molecule has 2 aliphatic heterocycles. The number of carbonyl (C=O) groups is 1. The van der Waals surface area contributed by atoms with Crippen LogP contribution in [-0.2, 0) is 4.79 Å². The van der Waals surface area contributed by atoms with Gasteiger partial charge in [0.25, 0.3) is 0 Å². The Morgan fingerprint density at radius 3 is 3.00 bits per heavy atom. The molecule has 0 aromatic heterocycles. The molecule has 86 valence electrons. The molecule has 1 N–H and O–H groups in total. The van der Waals surface area contributed by atoms with E-state index in [4.69, 9.17) is 0 Å². The topological polar surface area (TPSA) is 40.5 Å². The lowest BCUT2D eigenvalue weighted by Gasteiger charge is -2.40. The van der Waals surface area contributed by atoms with Crippen LogP contribution >= 0.6 is 11.8 Å². The molecule has 0 unspecified atom stereocenters. The number of thioether (sulfide) groups is 1. The Labute approximate surface area is 95.2 Å². The van der Waals surface area contributed by atoms with Crippen molar-refractivity contribution in [2.24, 2.45) is 5.92 Å². The molecule has 2 heterocycles.